The zero-order valence-electron chi connectivity index (χ0n) is 6.48. The van der Waals surface area contributed by atoms with Gasteiger partial charge in [-0.05, 0) is 18.8 Å². The Kier molecular flexibility index (Phi) is 2.12. The Balaban J connectivity index is 2.52. The minimum atomic E-state index is -2.46. The second-order valence-electron chi connectivity index (χ2n) is 3.25. The van der Waals surface area contributed by atoms with Crippen LogP contribution in [-0.4, -0.2) is 6.43 Å². The lowest BCUT2D eigenvalue weighted by molar-refractivity contribution is -0.0513. The average molecular weight is 159 g/mol. The van der Waals surface area contributed by atoms with Crippen molar-refractivity contribution in [3.05, 3.63) is 0 Å². The Hall–Kier alpha value is -0.650. The molecule has 1 aliphatic carbocycles. The van der Waals surface area contributed by atoms with Gasteiger partial charge in [0.1, 0.15) is 5.41 Å². The lowest BCUT2D eigenvalue weighted by Crippen LogP contribution is -2.41. The van der Waals surface area contributed by atoms with Gasteiger partial charge < -0.3 is 0 Å². The van der Waals surface area contributed by atoms with E-state index in [4.69, 9.17) is 5.26 Å². The molecule has 1 nitrogen and oxygen atoms in total. The summed E-state index contributed by atoms with van der Waals surface area (Å²) >= 11 is 0. The molecule has 0 aromatic rings. The molecule has 11 heavy (non-hydrogen) atoms. The number of halogens is 2. The maximum Gasteiger partial charge on any atom is 0.257 e. The third-order valence-corrected chi connectivity index (χ3v) is 2.52. The topological polar surface area (TPSA) is 23.8 Å². The fraction of sp³-hybridized carbons (Fsp3) is 0.875. The number of hydrogen-bond donors (Lipinski definition) is 0. The van der Waals surface area contributed by atoms with Crippen LogP contribution in [0.5, 0.6) is 0 Å². The van der Waals surface area contributed by atoms with Gasteiger partial charge in [-0.25, -0.2) is 8.78 Å². The van der Waals surface area contributed by atoms with Crippen LogP contribution in [0.3, 0.4) is 0 Å². The molecule has 1 rings (SSSR count). The Morgan fingerprint density at radius 1 is 1.64 bits per heavy atom. The third kappa shape index (κ3) is 1.22. The summed E-state index contributed by atoms with van der Waals surface area (Å²) in [7, 11) is 0. The van der Waals surface area contributed by atoms with Gasteiger partial charge in [-0.2, -0.15) is 5.26 Å². The second kappa shape index (κ2) is 2.77. The summed E-state index contributed by atoms with van der Waals surface area (Å²) in [6.45, 7) is 1.97. The summed E-state index contributed by atoms with van der Waals surface area (Å²) in [5, 5.41) is 8.49. The smallest absolute Gasteiger partial charge is 0.209 e. The molecular weight excluding hydrogens is 148 g/mol. The van der Waals surface area contributed by atoms with Crippen molar-refractivity contribution in [2.45, 2.75) is 32.6 Å². The Morgan fingerprint density at radius 2 is 2.18 bits per heavy atom. The Morgan fingerprint density at radius 3 is 2.45 bits per heavy atom. The molecular formula is C8H11F2N. The minimum absolute atomic E-state index is 0.351. The number of hydrogen-bond acceptors (Lipinski definition) is 1. The summed E-state index contributed by atoms with van der Waals surface area (Å²) < 4.78 is 24.4. The first-order valence-corrected chi connectivity index (χ1v) is 3.84. The van der Waals surface area contributed by atoms with Crippen molar-refractivity contribution in [2.24, 2.45) is 11.3 Å². The predicted molar refractivity (Wildman–Crippen MR) is 37.1 cm³/mol. The highest BCUT2D eigenvalue weighted by molar-refractivity contribution is 5.09. The average Bonchev–Trinajstić information content (AvgIpc) is 1.86. The summed E-state index contributed by atoms with van der Waals surface area (Å²) in [5.41, 5.74) is -1.29. The van der Waals surface area contributed by atoms with Gasteiger partial charge in [0.2, 0.25) is 0 Å². The standard InChI is InChI=1S/C8H11F2N/c1-2-6-3-8(4-6,5-11)7(9)10/h6-7H,2-4H2,1H3. The second-order valence-corrected chi connectivity index (χ2v) is 3.25. The summed E-state index contributed by atoms with van der Waals surface area (Å²) in [6, 6.07) is 1.73. The van der Waals surface area contributed by atoms with Gasteiger partial charge in [0.15, 0.2) is 0 Å². The molecule has 1 saturated carbocycles. The lowest BCUT2D eigenvalue weighted by Gasteiger charge is -2.41. The predicted octanol–water partition coefficient (Wildman–Crippen LogP) is 2.58. The van der Waals surface area contributed by atoms with Crippen molar-refractivity contribution in [3.63, 3.8) is 0 Å². The Labute approximate surface area is 65.0 Å². The van der Waals surface area contributed by atoms with E-state index in [1.807, 2.05) is 6.92 Å². The number of rotatable bonds is 2. The first-order valence-electron chi connectivity index (χ1n) is 3.84. The maximum absolute atomic E-state index is 12.2. The number of nitrogens with zero attached hydrogens (tertiary/aromatic N) is 1. The van der Waals surface area contributed by atoms with Gasteiger partial charge >= 0.3 is 0 Å². The molecule has 0 radical (unpaired) electrons. The highest BCUT2D eigenvalue weighted by Gasteiger charge is 2.50. The van der Waals surface area contributed by atoms with Crippen LogP contribution in [0.4, 0.5) is 8.78 Å². The van der Waals surface area contributed by atoms with Crippen molar-refractivity contribution in [1.29, 1.82) is 5.26 Å². The fourth-order valence-corrected chi connectivity index (χ4v) is 1.58. The molecule has 0 aromatic heterocycles. The molecule has 1 aliphatic rings. The van der Waals surface area contributed by atoms with E-state index in [1.165, 1.54) is 0 Å². The van der Waals surface area contributed by atoms with Crippen LogP contribution < -0.4 is 0 Å². The van der Waals surface area contributed by atoms with Crippen LogP contribution in [0.1, 0.15) is 26.2 Å². The van der Waals surface area contributed by atoms with Gasteiger partial charge in [0.05, 0.1) is 6.07 Å². The maximum atomic E-state index is 12.2. The lowest BCUT2D eigenvalue weighted by atomic mass is 9.62. The van der Waals surface area contributed by atoms with Crippen LogP contribution in [0.25, 0.3) is 0 Å². The fourth-order valence-electron chi connectivity index (χ4n) is 1.58. The first-order chi connectivity index (χ1) is 5.14. The van der Waals surface area contributed by atoms with E-state index in [-0.39, 0.29) is 0 Å². The summed E-state index contributed by atoms with van der Waals surface area (Å²) in [6.07, 6.45) is -0.777. The Bertz CT molecular complexity index is 177. The van der Waals surface area contributed by atoms with Gasteiger partial charge in [0, 0.05) is 0 Å². The highest BCUT2D eigenvalue weighted by atomic mass is 19.3. The van der Waals surface area contributed by atoms with E-state index in [0.717, 1.165) is 6.42 Å². The molecule has 62 valence electrons. The van der Waals surface area contributed by atoms with E-state index >= 15 is 0 Å². The van der Waals surface area contributed by atoms with Crippen LogP contribution in [0.15, 0.2) is 0 Å². The molecule has 3 heteroatoms. The molecule has 0 unspecified atom stereocenters. The summed E-state index contributed by atoms with van der Waals surface area (Å²) in [4.78, 5) is 0. The SMILES string of the molecule is CCC1CC(C#N)(C(F)F)C1. The zero-order valence-corrected chi connectivity index (χ0v) is 6.48. The third-order valence-electron chi connectivity index (χ3n) is 2.52. The van der Waals surface area contributed by atoms with Gasteiger partial charge in [-0.15, -0.1) is 0 Å². The van der Waals surface area contributed by atoms with Crippen molar-refractivity contribution < 1.29 is 8.78 Å². The normalized spacial score (nSPS) is 36.5. The quantitative estimate of drug-likeness (QED) is 0.607. The molecule has 0 N–H and O–H groups in total. The summed E-state index contributed by atoms with van der Waals surface area (Å²) in [5.74, 6) is 0.351. The van der Waals surface area contributed by atoms with Crippen molar-refractivity contribution in [1.82, 2.24) is 0 Å². The van der Waals surface area contributed by atoms with Crippen molar-refractivity contribution >= 4 is 0 Å². The zero-order chi connectivity index (χ0) is 8.48. The largest absolute Gasteiger partial charge is 0.257 e. The van der Waals surface area contributed by atoms with E-state index in [0.29, 0.717) is 18.8 Å². The highest BCUT2D eigenvalue weighted by Crippen LogP contribution is 2.50. The van der Waals surface area contributed by atoms with Crippen molar-refractivity contribution in [2.75, 3.05) is 0 Å². The van der Waals surface area contributed by atoms with E-state index in [1.54, 1.807) is 6.07 Å². The molecule has 0 spiro atoms. The molecule has 0 aromatic carbocycles. The van der Waals surface area contributed by atoms with E-state index in [9.17, 15) is 8.78 Å². The van der Waals surface area contributed by atoms with Gasteiger partial charge in [-0.3, -0.25) is 0 Å². The first kappa shape index (κ1) is 8.45. The van der Waals surface area contributed by atoms with Crippen LogP contribution in [-0.2, 0) is 0 Å². The monoisotopic (exact) mass is 159 g/mol. The van der Waals surface area contributed by atoms with Crippen LogP contribution in [0, 0.1) is 22.7 Å². The van der Waals surface area contributed by atoms with Crippen molar-refractivity contribution in [3.8, 4) is 6.07 Å². The molecule has 0 bridgehead atoms. The van der Waals surface area contributed by atoms with E-state index < -0.39 is 11.8 Å². The van der Waals surface area contributed by atoms with E-state index in [2.05, 4.69) is 0 Å². The minimum Gasteiger partial charge on any atom is -0.209 e. The molecule has 0 atom stereocenters. The van der Waals surface area contributed by atoms with Gasteiger partial charge in [-0.1, -0.05) is 13.3 Å². The van der Waals surface area contributed by atoms with Crippen LogP contribution >= 0.6 is 0 Å². The molecule has 0 saturated heterocycles. The molecule has 0 aliphatic heterocycles. The van der Waals surface area contributed by atoms with Gasteiger partial charge in [0.25, 0.3) is 6.43 Å². The molecule has 0 heterocycles. The van der Waals surface area contributed by atoms with Crippen LogP contribution in [0.2, 0.25) is 0 Å². The molecule has 1 fully saturated rings. The molecule has 0 amide bonds. The number of nitriles is 1. The number of alkyl halides is 2.